The zero-order valence-corrected chi connectivity index (χ0v) is 7.00. The quantitative estimate of drug-likeness (QED) is 0.546. The highest BCUT2D eigenvalue weighted by molar-refractivity contribution is 6.31. The maximum Gasteiger partial charge on any atom is 0.213 e. The molecule has 0 spiro atoms. The van der Waals surface area contributed by atoms with Gasteiger partial charge in [-0.15, -0.1) is 5.11 Å². The highest BCUT2D eigenvalue weighted by Gasteiger charge is 1.98. The van der Waals surface area contributed by atoms with Crippen LogP contribution in [0, 0.1) is 0 Å². The van der Waals surface area contributed by atoms with Crippen molar-refractivity contribution in [1.29, 1.82) is 0 Å². The second kappa shape index (κ2) is 3.34. The van der Waals surface area contributed by atoms with Gasteiger partial charge < -0.3 is 4.98 Å². The second-order valence-electron chi connectivity index (χ2n) is 2.08. The Balaban J connectivity index is 2.71. The predicted octanol–water partition coefficient (Wildman–Crippen LogP) is 1.62. The summed E-state index contributed by atoms with van der Waals surface area (Å²) in [6.45, 7) is 0. The van der Waals surface area contributed by atoms with E-state index < -0.39 is 0 Å². The van der Waals surface area contributed by atoms with Crippen LogP contribution in [-0.2, 0) is 0 Å². The van der Waals surface area contributed by atoms with E-state index in [-0.39, 0.29) is 0 Å². The lowest BCUT2D eigenvalue weighted by molar-refractivity contribution is 0.408. The van der Waals surface area contributed by atoms with Crippen LogP contribution in [0.1, 0.15) is 0 Å². The molecule has 0 aliphatic carbocycles. The minimum atomic E-state index is 0.399. The Morgan fingerprint density at radius 1 is 1.64 bits per heavy atom. The monoisotopic (exact) mass is 173 g/mol. The van der Waals surface area contributed by atoms with Gasteiger partial charge in [-0.3, -0.25) is 5.01 Å². The van der Waals surface area contributed by atoms with Crippen LogP contribution in [0.25, 0.3) is 0 Å². The van der Waals surface area contributed by atoms with Crippen LogP contribution in [0.4, 0.5) is 5.82 Å². The summed E-state index contributed by atoms with van der Waals surface area (Å²) in [5.74, 6) is 0.403. The summed E-state index contributed by atoms with van der Waals surface area (Å²) < 4.78 is 0. The molecule has 0 aromatic carbocycles. The number of H-pyrrole nitrogens is 1. The summed E-state index contributed by atoms with van der Waals surface area (Å²) in [7, 11) is 3.54. The Bertz CT molecular complexity index is 253. The number of aromatic amines is 1. The van der Waals surface area contributed by atoms with Gasteiger partial charge in [0.25, 0.3) is 0 Å². The first kappa shape index (κ1) is 8.00. The van der Waals surface area contributed by atoms with Crippen molar-refractivity contribution in [1.82, 2.24) is 15.0 Å². The molecule has 0 atom stereocenters. The van der Waals surface area contributed by atoms with Crippen molar-refractivity contribution >= 4 is 17.4 Å². The van der Waals surface area contributed by atoms with E-state index in [9.17, 15) is 0 Å². The molecule has 0 aliphatic heterocycles. The summed E-state index contributed by atoms with van der Waals surface area (Å²) in [5.41, 5.74) is 0. The molecule has 1 heterocycles. The normalized spacial score (nSPS) is 10.8. The summed E-state index contributed by atoms with van der Waals surface area (Å²) in [4.78, 5) is 6.49. The van der Waals surface area contributed by atoms with E-state index in [1.807, 2.05) is 0 Å². The number of nitrogens with zero attached hydrogens (tertiary/aromatic N) is 4. The molecule has 60 valence electrons. The molecule has 1 rings (SSSR count). The fourth-order valence-corrected chi connectivity index (χ4v) is 0.608. The Labute approximate surface area is 69.1 Å². The van der Waals surface area contributed by atoms with E-state index in [1.165, 1.54) is 6.33 Å². The number of hydrogen-bond donors (Lipinski definition) is 1. The maximum atomic E-state index is 5.63. The molecule has 0 amide bonds. The average molecular weight is 174 g/mol. The van der Waals surface area contributed by atoms with Gasteiger partial charge in [0.15, 0.2) is 5.15 Å². The van der Waals surface area contributed by atoms with Crippen molar-refractivity contribution in [3.8, 4) is 0 Å². The first-order valence-electron chi connectivity index (χ1n) is 2.98. The van der Waals surface area contributed by atoms with Crippen molar-refractivity contribution in [2.45, 2.75) is 0 Å². The van der Waals surface area contributed by atoms with Crippen LogP contribution in [0.15, 0.2) is 16.7 Å². The van der Waals surface area contributed by atoms with E-state index in [2.05, 4.69) is 20.3 Å². The molecule has 5 nitrogen and oxygen atoms in total. The zero-order valence-electron chi connectivity index (χ0n) is 6.24. The number of halogens is 1. The molecule has 1 aromatic heterocycles. The predicted molar refractivity (Wildman–Crippen MR) is 41.8 cm³/mol. The molecule has 0 saturated heterocycles. The lowest BCUT2D eigenvalue weighted by Gasteiger charge is -1.98. The lowest BCUT2D eigenvalue weighted by Crippen LogP contribution is -1.98. The largest absolute Gasteiger partial charge is 0.334 e. The van der Waals surface area contributed by atoms with Gasteiger partial charge >= 0.3 is 0 Å². The second-order valence-corrected chi connectivity index (χ2v) is 2.45. The number of rotatable bonds is 2. The maximum absolute atomic E-state index is 5.63. The van der Waals surface area contributed by atoms with Crippen molar-refractivity contribution in [3.05, 3.63) is 11.5 Å². The van der Waals surface area contributed by atoms with Gasteiger partial charge in [0.2, 0.25) is 5.82 Å². The highest BCUT2D eigenvalue weighted by atomic mass is 35.5. The van der Waals surface area contributed by atoms with Gasteiger partial charge in [-0.1, -0.05) is 16.8 Å². The van der Waals surface area contributed by atoms with Gasteiger partial charge in [-0.2, -0.15) is 0 Å². The van der Waals surface area contributed by atoms with Crippen LogP contribution in [0.5, 0.6) is 0 Å². The molecule has 0 bridgehead atoms. The van der Waals surface area contributed by atoms with E-state index in [1.54, 1.807) is 19.1 Å². The summed E-state index contributed by atoms with van der Waals surface area (Å²) >= 11 is 5.63. The molecule has 0 saturated carbocycles. The fraction of sp³-hybridized carbons (Fsp3) is 0.400. The standard InChI is InChI=1S/C5H8ClN5/c1-11(2)10-9-5-4(6)7-3-8-5/h3H,1-2H3,(H,7,8)/b10-9+. The SMILES string of the molecule is CN(C)/N=N/c1nc[nH]c1Cl. The Morgan fingerprint density at radius 2 is 2.36 bits per heavy atom. The summed E-state index contributed by atoms with van der Waals surface area (Å²) in [6.07, 6.45) is 1.46. The third-order valence-electron chi connectivity index (χ3n) is 0.893. The van der Waals surface area contributed by atoms with Gasteiger partial charge in [0.1, 0.15) is 0 Å². The number of hydrogen-bond acceptors (Lipinski definition) is 3. The number of nitrogens with one attached hydrogen (secondary N) is 1. The molecule has 11 heavy (non-hydrogen) atoms. The van der Waals surface area contributed by atoms with Gasteiger partial charge in [-0.05, 0) is 0 Å². The molecule has 0 radical (unpaired) electrons. The molecule has 0 unspecified atom stereocenters. The molecular formula is C5H8ClN5. The minimum absolute atomic E-state index is 0.399. The molecule has 0 aliphatic rings. The summed E-state index contributed by atoms with van der Waals surface area (Å²) in [5, 5.41) is 9.42. The smallest absolute Gasteiger partial charge is 0.213 e. The van der Waals surface area contributed by atoms with E-state index in [0.717, 1.165) is 0 Å². The minimum Gasteiger partial charge on any atom is -0.334 e. The van der Waals surface area contributed by atoms with Gasteiger partial charge in [-0.25, -0.2) is 4.98 Å². The molecule has 1 N–H and O–H groups in total. The molecular weight excluding hydrogens is 166 g/mol. The first-order valence-corrected chi connectivity index (χ1v) is 3.36. The third kappa shape index (κ3) is 2.19. The molecule has 0 fully saturated rings. The lowest BCUT2D eigenvalue weighted by atomic mass is 10.8. The highest BCUT2D eigenvalue weighted by Crippen LogP contribution is 2.18. The molecule has 1 aromatic rings. The van der Waals surface area contributed by atoms with Crippen molar-refractivity contribution in [2.75, 3.05) is 14.1 Å². The first-order chi connectivity index (χ1) is 5.20. The topological polar surface area (TPSA) is 56.6 Å². The van der Waals surface area contributed by atoms with Crippen LogP contribution in [-0.4, -0.2) is 29.1 Å². The van der Waals surface area contributed by atoms with Gasteiger partial charge in [0, 0.05) is 14.1 Å². The van der Waals surface area contributed by atoms with Crippen LogP contribution in [0.3, 0.4) is 0 Å². The van der Waals surface area contributed by atoms with E-state index in [0.29, 0.717) is 11.0 Å². The fourth-order valence-electron chi connectivity index (χ4n) is 0.473. The number of imidazole rings is 1. The van der Waals surface area contributed by atoms with Gasteiger partial charge in [0.05, 0.1) is 6.33 Å². The van der Waals surface area contributed by atoms with Crippen molar-refractivity contribution in [3.63, 3.8) is 0 Å². The van der Waals surface area contributed by atoms with E-state index >= 15 is 0 Å². The van der Waals surface area contributed by atoms with Crippen LogP contribution < -0.4 is 0 Å². The van der Waals surface area contributed by atoms with Crippen molar-refractivity contribution < 1.29 is 0 Å². The van der Waals surface area contributed by atoms with E-state index in [4.69, 9.17) is 11.6 Å². The Kier molecular flexibility index (Phi) is 2.43. The Morgan fingerprint density at radius 3 is 2.82 bits per heavy atom. The zero-order chi connectivity index (χ0) is 8.27. The molecule has 6 heteroatoms. The van der Waals surface area contributed by atoms with Crippen LogP contribution in [0.2, 0.25) is 5.15 Å². The van der Waals surface area contributed by atoms with Crippen molar-refractivity contribution in [2.24, 2.45) is 10.3 Å². The Hall–Kier alpha value is -1.10. The van der Waals surface area contributed by atoms with Crippen LogP contribution >= 0.6 is 11.6 Å². The number of aromatic nitrogens is 2. The third-order valence-corrected chi connectivity index (χ3v) is 1.17. The summed E-state index contributed by atoms with van der Waals surface area (Å²) in [6, 6.07) is 0. The average Bonchev–Trinajstić information content (AvgIpc) is 2.31.